The molecule has 0 saturated heterocycles. The van der Waals surface area contributed by atoms with Crippen LogP contribution in [-0.2, 0) is 20.6 Å². The van der Waals surface area contributed by atoms with Crippen LogP contribution in [0, 0.1) is 23.5 Å². The van der Waals surface area contributed by atoms with Crippen molar-refractivity contribution in [2.45, 2.75) is 71.5 Å². The van der Waals surface area contributed by atoms with Crippen molar-refractivity contribution in [1.29, 1.82) is 0 Å². The summed E-state index contributed by atoms with van der Waals surface area (Å²) < 4.78 is 47.6. The Morgan fingerprint density at radius 2 is 1.47 bits per heavy atom. The van der Waals surface area contributed by atoms with Crippen molar-refractivity contribution >= 4 is 40.3 Å². The summed E-state index contributed by atoms with van der Waals surface area (Å²) in [6.45, 7) is 7.36. The Morgan fingerprint density at radius 1 is 0.825 bits per heavy atom. The molecule has 57 heavy (non-hydrogen) atoms. The molecular formula is C43H53F2N5O6S. The van der Waals surface area contributed by atoms with Gasteiger partial charge in [-0.3, -0.25) is 23.5 Å². The van der Waals surface area contributed by atoms with Crippen molar-refractivity contribution in [2.75, 3.05) is 30.8 Å². The minimum Gasteiger partial charge on any atom is -0.491 e. The second-order valence-electron chi connectivity index (χ2n) is 14.6. The number of hydrogen-bond acceptors (Lipinski definition) is 6. The maximum Gasteiger partial charge on any atom is 0.251 e. The van der Waals surface area contributed by atoms with Gasteiger partial charge >= 0.3 is 0 Å². The lowest BCUT2D eigenvalue weighted by Crippen LogP contribution is -2.51. The SMILES string of the molecule is CC(C)C(NC(=O)[C@@H](C)CC[C@H](COc1cc(F)cc(F)c1)NC(=O)c1cc(C(=O)N[C@H](C)c2ccccc2)cc(N(C)S(C)=O)c1)C(=O)NCC1=CCCC=C1. The third-order valence-electron chi connectivity index (χ3n) is 9.64. The molecule has 0 aliphatic heterocycles. The van der Waals surface area contributed by atoms with Crippen molar-refractivity contribution in [3.63, 3.8) is 0 Å². The normalized spacial score (nSPS) is 15.0. The molecule has 4 amide bonds. The molecule has 0 heterocycles. The number of rotatable bonds is 19. The molecule has 1 aliphatic rings. The molecule has 11 nitrogen and oxygen atoms in total. The number of halogens is 2. The van der Waals surface area contributed by atoms with Crippen molar-refractivity contribution in [3.05, 3.63) is 119 Å². The molecule has 3 aromatic rings. The Balaban J connectivity index is 1.51. The summed E-state index contributed by atoms with van der Waals surface area (Å²) in [4.78, 5) is 54.0. The van der Waals surface area contributed by atoms with E-state index in [0.29, 0.717) is 18.3 Å². The maximum absolute atomic E-state index is 14.0. The van der Waals surface area contributed by atoms with E-state index in [0.717, 1.165) is 36.1 Å². The maximum atomic E-state index is 14.0. The van der Waals surface area contributed by atoms with Gasteiger partial charge < -0.3 is 26.0 Å². The van der Waals surface area contributed by atoms with Crippen LogP contribution in [0.1, 0.15) is 85.7 Å². The highest BCUT2D eigenvalue weighted by molar-refractivity contribution is 7.85. The second kappa shape index (κ2) is 21.2. The topological polar surface area (TPSA) is 146 Å². The smallest absolute Gasteiger partial charge is 0.251 e. The van der Waals surface area contributed by atoms with Crippen LogP contribution in [0.3, 0.4) is 0 Å². The molecule has 4 rings (SSSR count). The molecular weight excluding hydrogens is 753 g/mol. The van der Waals surface area contributed by atoms with Crippen LogP contribution < -0.4 is 30.3 Å². The van der Waals surface area contributed by atoms with Gasteiger partial charge in [0.15, 0.2) is 0 Å². The van der Waals surface area contributed by atoms with Crippen molar-refractivity contribution in [3.8, 4) is 5.75 Å². The Labute approximate surface area is 336 Å². The number of nitrogens with zero attached hydrogens (tertiary/aromatic N) is 1. The van der Waals surface area contributed by atoms with Gasteiger partial charge in [-0.2, -0.15) is 0 Å². The van der Waals surface area contributed by atoms with Crippen LogP contribution in [0.25, 0.3) is 0 Å². The molecule has 0 bridgehead atoms. The first-order valence-corrected chi connectivity index (χ1v) is 20.5. The second-order valence-corrected chi connectivity index (χ2v) is 16.0. The minimum absolute atomic E-state index is 0.0835. The van der Waals surface area contributed by atoms with Gasteiger partial charge in [0.1, 0.15) is 41.0 Å². The van der Waals surface area contributed by atoms with Gasteiger partial charge in [-0.05, 0) is 67.9 Å². The predicted molar refractivity (Wildman–Crippen MR) is 219 cm³/mol. The fourth-order valence-electron chi connectivity index (χ4n) is 6.09. The third kappa shape index (κ3) is 13.7. The number of carbonyl (C=O) groups is 4. The van der Waals surface area contributed by atoms with E-state index in [-0.39, 0.29) is 60.1 Å². The summed E-state index contributed by atoms with van der Waals surface area (Å²) >= 11 is 0. The quantitative estimate of drug-likeness (QED) is 0.112. The molecule has 0 radical (unpaired) electrons. The molecule has 0 aromatic heterocycles. The highest BCUT2D eigenvalue weighted by atomic mass is 32.2. The van der Waals surface area contributed by atoms with E-state index in [1.54, 1.807) is 20.0 Å². The van der Waals surface area contributed by atoms with Gasteiger partial charge in [0.05, 0.1) is 17.8 Å². The number of amides is 4. The number of hydrogen-bond donors (Lipinski definition) is 4. The van der Waals surface area contributed by atoms with Crippen LogP contribution in [-0.4, -0.2) is 66.4 Å². The van der Waals surface area contributed by atoms with E-state index < -0.39 is 52.4 Å². The van der Waals surface area contributed by atoms with Crippen LogP contribution in [0.2, 0.25) is 0 Å². The summed E-state index contributed by atoms with van der Waals surface area (Å²) in [5, 5.41) is 11.6. The average Bonchev–Trinajstić information content (AvgIpc) is 3.19. The van der Waals surface area contributed by atoms with Gasteiger partial charge in [0.2, 0.25) is 11.8 Å². The van der Waals surface area contributed by atoms with Gasteiger partial charge in [0.25, 0.3) is 11.8 Å². The van der Waals surface area contributed by atoms with Crippen LogP contribution in [0.4, 0.5) is 14.5 Å². The molecule has 0 fully saturated rings. The van der Waals surface area contributed by atoms with Crippen molar-refractivity contribution < 1.29 is 36.9 Å². The van der Waals surface area contributed by atoms with Gasteiger partial charge in [-0.1, -0.05) is 69.3 Å². The van der Waals surface area contributed by atoms with E-state index in [2.05, 4.69) is 33.4 Å². The highest BCUT2D eigenvalue weighted by Gasteiger charge is 2.27. The van der Waals surface area contributed by atoms with Crippen LogP contribution >= 0.6 is 0 Å². The van der Waals surface area contributed by atoms with Crippen LogP contribution in [0.5, 0.6) is 5.75 Å². The first kappa shape index (κ1) is 44.3. The Kier molecular flexibility index (Phi) is 16.5. The van der Waals surface area contributed by atoms with E-state index >= 15 is 0 Å². The number of allylic oxidation sites excluding steroid dienone is 2. The zero-order valence-corrected chi connectivity index (χ0v) is 34.1. The first-order chi connectivity index (χ1) is 27.1. The molecule has 14 heteroatoms. The largest absolute Gasteiger partial charge is 0.491 e. The zero-order chi connectivity index (χ0) is 41.6. The zero-order valence-electron chi connectivity index (χ0n) is 33.3. The molecule has 1 aliphatic carbocycles. The molecule has 5 atom stereocenters. The van der Waals surface area contributed by atoms with Gasteiger partial charge in [-0.15, -0.1) is 0 Å². The average molecular weight is 806 g/mol. The van der Waals surface area contributed by atoms with Crippen molar-refractivity contribution in [2.24, 2.45) is 11.8 Å². The molecule has 2 unspecified atom stereocenters. The third-order valence-corrected chi connectivity index (χ3v) is 10.6. The van der Waals surface area contributed by atoms with E-state index in [4.69, 9.17) is 4.74 Å². The van der Waals surface area contributed by atoms with Crippen molar-refractivity contribution in [1.82, 2.24) is 21.3 Å². The summed E-state index contributed by atoms with van der Waals surface area (Å²) in [7, 11) is 0.0818. The van der Waals surface area contributed by atoms with Crippen LogP contribution in [0.15, 0.2) is 90.5 Å². The minimum atomic E-state index is -1.49. The number of anilines is 1. The summed E-state index contributed by atoms with van der Waals surface area (Å²) in [6.07, 6.45) is 9.87. The van der Waals surface area contributed by atoms with Gasteiger partial charge in [0, 0.05) is 55.1 Å². The van der Waals surface area contributed by atoms with E-state index in [1.165, 1.54) is 22.7 Å². The lowest BCUT2D eigenvalue weighted by atomic mass is 9.98. The number of ether oxygens (including phenoxy) is 1. The Morgan fingerprint density at radius 3 is 2.07 bits per heavy atom. The number of nitrogens with one attached hydrogen (secondary N) is 4. The van der Waals surface area contributed by atoms with E-state index in [9.17, 15) is 32.2 Å². The number of carbonyl (C=O) groups excluding carboxylic acids is 4. The van der Waals surface area contributed by atoms with E-state index in [1.807, 2.05) is 57.2 Å². The summed E-state index contributed by atoms with van der Waals surface area (Å²) in [5.74, 6) is -4.29. The Bertz CT molecular complexity index is 1950. The summed E-state index contributed by atoms with van der Waals surface area (Å²) in [6, 6.07) is 14.7. The monoisotopic (exact) mass is 805 g/mol. The lowest BCUT2D eigenvalue weighted by Gasteiger charge is -2.25. The number of benzene rings is 3. The molecule has 0 spiro atoms. The molecule has 306 valence electrons. The first-order valence-electron chi connectivity index (χ1n) is 19.0. The fraction of sp³-hybridized carbons (Fsp3) is 0.395. The Hall–Kier alpha value is -5.37. The summed E-state index contributed by atoms with van der Waals surface area (Å²) in [5.41, 5.74) is 2.47. The standard InChI is InChI=1S/C43H53F2N5O6S/c1-27(2)39(43(54)46-25-30-13-9-7-10-14-30)49-40(51)28(3)17-18-36(26-56-38-23-34(44)22-35(45)24-38)48-42(53)33-19-32(20-37(21-33)50(5)57(6)55)41(52)47-29(4)31-15-11-8-12-16-31/h8-9,11-16,19-24,27-29,36,39H,7,10,17-18,25-26H2,1-6H3,(H,46,54)(H,47,52)(H,48,53)(H,49,51)/t28-,29+,36+,39?,57?/m0/s1. The molecule has 3 aromatic carbocycles. The predicted octanol–water partition coefficient (Wildman–Crippen LogP) is 6.31. The van der Waals surface area contributed by atoms with Gasteiger partial charge in [-0.25, -0.2) is 13.0 Å². The highest BCUT2D eigenvalue weighted by Crippen LogP contribution is 2.23. The fourth-order valence-corrected chi connectivity index (χ4v) is 6.50. The molecule has 0 saturated carbocycles. The molecule has 4 N–H and O–H groups in total. The lowest BCUT2D eigenvalue weighted by molar-refractivity contribution is -0.131.